The highest BCUT2D eigenvalue weighted by Gasteiger charge is 2.35. The molecule has 0 spiro atoms. The third-order valence-electron chi connectivity index (χ3n) is 6.45. The van der Waals surface area contributed by atoms with Crippen LogP contribution < -0.4 is 10.2 Å². The van der Waals surface area contributed by atoms with Crippen LogP contribution in [-0.4, -0.2) is 54.6 Å². The number of nitrogens with one attached hydrogen (secondary N) is 1. The summed E-state index contributed by atoms with van der Waals surface area (Å²) in [6, 6.07) is 10.3. The van der Waals surface area contributed by atoms with E-state index in [4.69, 9.17) is 0 Å². The number of amides is 1. The van der Waals surface area contributed by atoms with Gasteiger partial charge in [-0.15, -0.1) is 0 Å². The predicted octanol–water partition coefficient (Wildman–Crippen LogP) is 3.73. The fourth-order valence-electron chi connectivity index (χ4n) is 4.20. The van der Waals surface area contributed by atoms with E-state index in [1.807, 2.05) is 13.0 Å². The van der Waals surface area contributed by atoms with Crippen LogP contribution in [0, 0.1) is 26.6 Å². The molecule has 0 saturated carbocycles. The zero-order valence-electron chi connectivity index (χ0n) is 20.4. The Balaban J connectivity index is 1.56. The quantitative estimate of drug-likeness (QED) is 0.559. The van der Waals surface area contributed by atoms with Crippen molar-refractivity contribution >= 4 is 27.3 Å². The second-order valence-corrected chi connectivity index (χ2v) is 10.6. The molecule has 186 valence electrons. The van der Waals surface area contributed by atoms with Crippen LogP contribution in [0.25, 0.3) is 0 Å². The molecule has 2 heterocycles. The molecule has 10 heteroatoms. The Hall–Kier alpha value is -3.24. The van der Waals surface area contributed by atoms with Gasteiger partial charge in [0.05, 0.1) is 5.56 Å². The summed E-state index contributed by atoms with van der Waals surface area (Å²) in [5.74, 6) is -0.992. The van der Waals surface area contributed by atoms with Crippen LogP contribution in [0.15, 0.2) is 47.6 Å². The molecule has 1 N–H and O–H groups in total. The molecule has 1 aliphatic rings. The Morgan fingerprint density at radius 2 is 1.77 bits per heavy atom. The summed E-state index contributed by atoms with van der Waals surface area (Å²) in [6.45, 7) is 9.59. The Morgan fingerprint density at radius 1 is 1.06 bits per heavy atom. The predicted molar refractivity (Wildman–Crippen MR) is 134 cm³/mol. The normalized spacial score (nSPS) is 14.8. The number of sulfonamides is 1. The molecule has 1 fully saturated rings. The number of hydrogen-bond donors (Lipinski definition) is 1. The van der Waals surface area contributed by atoms with Crippen molar-refractivity contribution in [3.05, 3.63) is 70.7 Å². The molecular weight excluding hydrogens is 469 g/mol. The second-order valence-electron chi connectivity index (χ2n) is 8.73. The third kappa shape index (κ3) is 4.94. The van der Waals surface area contributed by atoms with Crippen LogP contribution in [0.5, 0.6) is 0 Å². The zero-order valence-corrected chi connectivity index (χ0v) is 21.2. The molecule has 0 aliphatic carbocycles. The molecule has 1 aromatic heterocycles. The molecule has 3 aromatic rings. The molecule has 1 amide bonds. The summed E-state index contributed by atoms with van der Waals surface area (Å²) < 4.78 is 43.5. The standard InChI is InChI=1S/C25H30FN5O3S/c1-5-30-16-21(24(32)27-20-9-10-22(26)18(3)15-20)25(28-30)35(33,34)31-13-11-29(12-14-31)23-8-6-7-17(2)19(23)4/h6-10,15-16H,5,11-14H2,1-4H3,(H,27,32). The number of anilines is 2. The van der Waals surface area contributed by atoms with Crippen LogP contribution >= 0.6 is 0 Å². The first-order valence-electron chi connectivity index (χ1n) is 11.6. The van der Waals surface area contributed by atoms with Gasteiger partial charge < -0.3 is 10.2 Å². The summed E-state index contributed by atoms with van der Waals surface area (Å²) in [5.41, 5.74) is 4.19. The van der Waals surface area contributed by atoms with Gasteiger partial charge in [0.1, 0.15) is 5.82 Å². The minimum absolute atomic E-state index is 0.0363. The number of carbonyl (C=O) groups is 1. The maximum atomic E-state index is 13.6. The summed E-state index contributed by atoms with van der Waals surface area (Å²) >= 11 is 0. The van der Waals surface area contributed by atoms with Crippen molar-refractivity contribution in [3.63, 3.8) is 0 Å². The SMILES string of the molecule is CCn1cc(C(=O)Nc2ccc(F)c(C)c2)c(S(=O)(=O)N2CCN(c3cccc(C)c3C)CC2)n1. The van der Waals surface area contributed by atoms with Crippen LogP contribution in [-0.2, 0) is 16.6 Å². The average Bonchev–Trinajstić information content (AvgIpc) is 3.29. The van der Waals surface area contributed by atoms with Crippen molar-refractivity contribution in [1.82, 2.24) is 14.1 Å². The Morgan fingerprint density at radius 3 is 2.43 bits per heavy atom. The number of carbonyl (C=O) groups excluding carboxylic acids is 1. The van der Waals surface area contributed by atoms with Gasteiger partial charge >= 0.3 is 0 Å². The van der Waals surface area contributed by atoms with Gasteiger partial charge in [0.2, 0.25) is 5.03 Å². The minimum Gasteiger partial charge on any atom is -0.369 e. The first kappa shape index (κ1) is 24.9. The molecule has 0 atom stereocenters. The Labute approximate surface area is 205 Å². The summed E-state index contributed by atoms with van der Waals surface area (Å²) in [4.78, 5) is 15.2. The molecule has 0 bridgehead atoms. The van der Waals surface area contributed by atoms with Gasteiger partial charge in [-0.05, 0) is 68.7 Å². The highest BCUT2D eigenvalue weighted by Crippen LogP contribution is 2.27. The largest absolute Gasteiger partial charge is 0.369 e. The molecule has 1 saturated heterocycles. The number of piperazine rings is 1. The number of aromatic nitrogens is 2. The van der Waals surface area contributed by atoms with Gasteiger partial charge in [0.15, 0.2) is 0 Å². The molecule has 1 aliphatic heterocycles. The lowest BCUT2D eigenvalue weighted by Gasteiger charge is -2.36. The zero-order chi connectivity index (χ0) is 25.3. The topological polar surface area (TPSA) is 87.5 Å². The molecule has 0 unspecified atom stereocenters. The highest BCUT2D eigenvalue weighted by atomic mass is 32.2. The van der Waals surface area contributed by atoms with Crippen molar-refractivity contribution in [2.45, 2.75) is 39.3 Å². The van der Waals surface area contributed by atoms with Gasteiger partial charge in [0, 0.05) is 50.3 Å². The first-order valence-corrected chi connectivity index (χ1v) is 13.0. The van der Waals surface area contributed by atoms with Gasteiger partial charge in [-0.2, -0.15) is 9.40 Å². The smallest absolute Gasteiger partial charge is 0.263 e. The van der Waals surface area contributed by atoms with Crippen LogP contribution in [0.3, 0.4) is 0 Å². The molecular formula is C25H30FN5O3S. The number of rotatable bonds is 6. The summed E-state index contributed by atoms with van der Waals surface area (Å²) in [6.07, 6.45) is 1.44. The lowest BCUT2D eigenvalue weighted by molar-refractivity contribution is 0.102. The number of halogens is 1. The molecule has 4 rings (SSSR count). The van der Waals surface area contributed by atoms with Crippen LogP contribution in [0.2, 0.25) is 0 Å². The first-order chi connectivity index (χ1) is 16.6. The van der Waals surface area contributed by atoms with E-state index in [0.29, 0.717) is 30.9 Å². The van der Waals surface area contributed by atoms with Crippen molar-refractivity contribution in [3.8, 4) is 0 Å². The van der Waals surface area contributed by atoms with E-state index in [9.17, 15) is 17.6 Å². The van der Waals surface area contributed by atoms with Crippen molar-refractivity contribution in [2.75, 3.05) is 36.4 Å². The van der Waals surface area contributed by atoms with Crippen LogP contribution in [0.4, 0.5) is 15.8 Å². The lowest BCUT2D eigenvalue weighted by Crippen LogP contribution is -2.49. The minimum atomic E-state index is -4.00. The average molecular weight is 500 g/mol. The van der Waals surface area contributed by atoms with Gasteiger partial charge in [-0.25, -0.2) is 12.8 Å². The fourth-order valence-corrected chi connectivity index (χ4v) is 5.72. The molecule has 8 nitrogen and oxygen atoms in total. The van der Waals surface area contributed by atoms with Gasteiger partial charge in [0.25, 0.3) is 15.9 Å². The van der Waals surface area contributed by atoms with E-state index < -0.39 is 15.9 Å². The number of hydrogen-bond acceptors (Lipinski definition) is 5. The highest BCUT2D eigenvalue weighted by molar-refractivity contribution is 7.89. The molecule has 0 radical (unpaired) electrons. The van der Waals surface area contributed by atoms with Gasteiger partial charge in [-0.3, -0.25) is 9.48 Å². The van der Waals surface area contributed by atoms with E-state index in [0.717, 1.165) is 5.69 Å². The summed E-state index contributed by atoms with van der Waals surface area (Å²) in [5, 5.41) is 6.63. The maximum absolute atomic E-state index is 13.6. The fraction of sp³-hybridized carbons (Fsp3) is 0.360. The van der Waals surface area contributed by atoms with E-state index in [-0.39, 0.29) is 29.5 Å². The van der Waals surface area contributed by atoms with Crippen molar-refractivity contribution < 1.29 is 17.6 Å². The van der Waals surface area contributed by atoms with E-state index in [1.54, 1.807) is 6.92 Å². The Bertz CT molecular complexity index is 1360. The monoisotopic (exact) mass is 499 g/mol. The maximum Gasteiger partial charge on any atom is 0.263 e. The van der Waals surface area contributed by atoms with Crippen molar-refractivity contribution in [1.29, 1.82) is 0 Å². The second kappa shape index (κ2) is 9.79. The van der Waals surface area contributed by atoms with Crippen LogP contribution in [0.1, 0.15) is 34.0 Å². The number of aryl methyl sites for hydroxylation is 3. The lowest BCUT2D eigenvalue weighted by atomic mass is 10.1. The van der Waals surface area contributed by atoms with Gasteiger partial charge in [-0.1, -0.05) is 12.1 Å². The number of benzene rings is 2. The number of nitrogens with zero attached hydrogens (tertiary/aromatic N) is 4. The summed E-state index contributed by atoms with van der Waals surface area (Å²) in [7, 11) is -4.00. The molecule has 35 heavy (non-hydrogen) atoms. The Kier molecular flexibility index (Phi) is 6.95. The van der Waals surface area contributed by atoms with E-state index in [1.165, 1.54) is 44.5 Å². The molecule has 2 aromatic carbocycles. The van der Waals surface area contributed by atoms with Crippen molar-refractivity contribution in [2.24, 2.45) is 0 Å². The third-order valence-corrected chi connectivity index (χ3v) is 8.29. The van der Waals surface area contributed by atoms with E-state index in [2.05, 4.69) is 41.3 Å². The van der Waals surface area contributed by atoms with E-state index >= 15 is 0 Å².